The van der Waals surface area contributed by atoms with E-state index in [0.29, 0.717) is 0 Å². The normalized spacial score (nSPS) is 20.3. The van der Waals surface area contributed by atoms with Crippen LogP contribution in [0.1, 0.15) is 42.5 Å². The molecule has 1 spiro atoms. The van der Waals surface area contributed by atoms with Gasteiger partial charge in [-0.2, -0.15) is 0 Å². The molecule has 31 heavy (non-hydrogen) atoms. The maximum atomic E-state index is 6.64. The van der Waals surface area contributed by atoms with Crippen molar-refractivity contribution in [3.8, 4) is 0 Å². The number of rotatable bonds is 1. The van der Waals surface area contributed by atoms with Crippen LogP contribution in [0.3, 0.4) is 0 Å². The molecule has 0 N–H and O–H groups in total. The number of para-hydroxylation sites is 2. The van der Waals surface area contributed by atoms with E-state index in [1.807, 2.05) is 6.07 Å². The molecule has 0 amide bonds. The molecule has 4 aromatic carbocycles. The summed E-state index contributed by atoms with van der Waals surface area (Å²) >= 11 is 6.64. The fourth-order valence-electron chi connectivity index (χ4n) is 5.98. The minimum atomic E-state index is -0.220. The molecule has 1 unspecified atom stereocenters. The molecule has 1 heterocycles. The Bertz CT molecular complexity index is 1310. The summed E-state index contributed by atoms with van der Waals surface area (Å²) in [5, 5.41) is 0.785. The van der Waals surface area contributed by atoms with Gasteiger partial charge < -0.3 is 4.90 Å². The molecule has 0 saturated heterocycles. The average molecular weight is 422 g/mol. The molecule has 152 valence electrons. The van der Waals surface area contributed by atoms with Gasteiger partial charge in [0.15, 0.2) is 0 Å². The Morgan fingerprint density at radius 1 is 0.645 bits per heavy atom. The summed E-state index contributed by atoms with van der Waals surface area (Å²) in [5.74, 6) is 0. The van der Waals surface area contributed by atoms with E-state index < -0.39 is 0 Å². The molecule has 2 aliphatic rings. The first kappa shape index (κ1) is 18.7. The maximum Gasteiger partial charge on any atom is 0.0507 e. The summed E-state index contributed by atoms with van der Waals surface area (Å²) in [6, 6.07) is 34.9. The molecule has 2 heteroatoms. The van der Waals surface area contributed by atoms with Crippen molar-refractivity contribution in [1.82, 2.24) is 0 Å². The summed E-state index contributed by atoms with van der Waals surface area (Å²) in [4.78, 5) is 2.39. The lowest BCUT2D eigenvalue weighted by molar-refractivity contribution is 0.442. The molecule has 1 aliphatic heterocycles. The van der Waals surface area contributed by atoms with Crippen LogP contribution in [0.25, 0.3) is 0 Å². The Labute approximate surface area is 188 Å². The number of hydrogen-bond acceptors (Lipinski definition) is 1. The van der Waals surface area contributed by atoms with Crippen molar-refractivity contribution >= 4 is 28.7 Å². The van der Waals surface area contributed by atoms with Crippen LogP contribution in [0.4, 0.5) is 17.1 Å². The van der Waals surface area contributed by atoms with E-state index in [9.17, 15) is 0 Å². The molecule has 0 radical (unpaired) electrons. The average Bonchev–Trinajstić information content (AvgIpc) is 3.04. The topological polar surface area (TPSA) is 3.24 Å². The predicted octanol–water partition coefficient (Wildman–Crippen LogP) is 8.14. The summed E-state index contributed by atoms with van der Waals surface area (Å²) in [6.45, 7) is 4.74. The molecule has 1 nitrogen and oxygen atoms in total. The Morgan fingerprint density at radius 3 is 2.03 bits per heavy atom. The van der Waals surface area contributed by atoms with Crippen molar-refractivity contribution in [2.75, 3.05) is 4.90 Å². The Kier molecular flexibility index (Phi) is 3.91. The van der Waals surface area contributed by atoms with Crippen molar-refractivity contribution in [3.63, 3.8) is 0 Å². The highest BCUT2D eigenvalue weighted by molar-refractivity contribution is 6.30. The van der Waals surface area contributed by atoms with E-state index in [2.05, 4.69) is 110 Å². The van der Waals surface area contributed by atoms with Gasteiger partial charge in [0.1, 0.15) is 0 Å². The van der Waals surface area contributed by atoms with Gasteiger partial charge in [0, 0.05) is 10.7 Å². The van der Waals surface area contributed by atoms with E-state index >= 15 is 0 Å². The standard InChI is InChI=1S/C29H24ClN/c1-28(2)19-29(23-13-7-6-12-22(23)28)24-14-8-9-15-26(24)31(21-10-4-3-5-11-21)27-17-16-20(30)18-25(27)29/h3-18H,19H2,1-2H3. The van der Waals surface area contributed by atoms with E-state index in [4.69, 9.17) is 11.6 Å². The minimum Gasteiger partial charge on any atom is -0.310 e. The summed E-state index contributed by atoms with van der Waals surface area (Å²) in [5.41, 5.74) is 8.96. The lowest BCUT2D eigenvalue weighted by atomic mass is 9.65. The van der Waals surface area contributed by atoms with E-state index in [-0.39, 0.29) is 10.8 Å². The quantitative estimate of drug-likeness (QED) is 0.299. The third-order valence-corrected chi connectivity index (χ3v) is 7.34. The molecule has 4 aromatic rings. The van der Waals surface area contributed by atoms with Crippen LogP contribution >= 0.6 is 11.6 Å². The minimum absolute atomic E-state index is 0.0677. The van der Waals surface area contributed by atoms with Gasteiger partial charge in [0.25, 0.3) is 0 Å². The van der Waals surface area contributed by atoms with Crippen LogP contribution in [-0.4, -0.2) is 0 Å². The highest BCUT2D eigenvalue weighted by Gasteiger charge is 2.54. The van der Waals surface area contributed by atoms with Gasteiger partial charge in [-0.1, -0.05) is 86.1 Å². The van der Waals surface area contributed by atoms with Gasteiger partial charge >= 0.3 is 0 Å². The van der Waals surface area contributed by atoms with Crippen molar-refractivity contribution < 1.29 is 0 Å². The van der Waals surface area contributed by atoms with Crippen LogP contribution < -0.4 is 4.90 Å². The summed E-state index contributed by atoms with van der Waals surface area (Å²) < 4.78 is 0. The number of hydrogen-bond donors (Lipinski definition) is 0. The molecule has 0 fully saturated rings. The zero-order valence-corrected chi connectivity index (χ0v) is 18.5. The molecular formula is C29H24ClN. The Morgan fingerprint density at radius 2 is 1.26 bits per heavy atom. The van der Waals surface area contributed by atoms with Crippen LogP contribution in [0, 0.1) is 0 Å². The zero-order valence-electron chi connectivity index (χ0n) is 17.8. The van der Waals surface area contributed by atoms with Gasteiger partial charge in [0.2, 0.25) is 0 Å². The van der Waals surface area contributed by atoms with Crippen molar-refractivity contribution in [2.24, 2.45) is 0 Å². The van der Waals surface area contributed by atoms with Gasteiger partial charge in [-0.25, -0.2) is 0 Å². The van der Waals surface area contributed by atoms with E-state index in [1.165, 1.54) is 39.3 Å². The van der Waals surface area contributed by atoms with E-state index in [0.717, 1.165) is 11.4 Å². The van der Waals surface area contributed by atoms with Gasteiger partial charge in [0.05, 0.1) is 16.8 Å². The van der Waals surface area contributed by atoms with Crippen LogP contribution in [0.15, 0.2) is 97.1 Å². The fraction of sp³-hybridized carbons (Fsp3) is 0.172. The third-order valence-electron chi connectivity index (χ3n) is 7.10. The maximum absolute atomic E-state index is 6.64. The number of nitrogens with zero attached hydrogens (tertiary/aromatic N) is 1. The summed E-state index contributed by atoms with van der Waals surface area (Å²) in [7, 11) is 0. The summed E-state index contributed by atoms with van der Waals surface area (Å²) in [6.07, 6.45) is 1.02. The number of fused-ring (bicyclic) bond motifs is 6. The molecule has 0 bridgehead atoms. The highest BCUT2D eigenvalue weighted by atomic mass is 35.5. The fourth-order valence-corrected chi connectivity index (χ4v) is 6.16. The van der Waals surface area contributed by atoms with Gasteiger partial charge in [-0.3, -0.25) is 0 Å². The first-order valence-corrected chi connectivity index (χ1v) is 11.2. The Hall–Kier alpha value is -3.03. The zero-order chi connectivity index (χ0) is 21.2. The van der Waals surface area contributed by atoms with Crippen LogP contribution in [-0.2, 0) is 10.8 Å². The molecule has 0 aromatic heterocycles. The second-order valence-electron chi connectivity index (χ2n) is 9.36. The van der Waals surface area contributed by atoms with Crippen molar-refractivity contribution in [3.05, 3.63) is 124 Å². The second kappa shape index (κ2) is 6.48. The number of benzene rings is 4. The largest absolute Gasteiger partial charge is 0.310 e. The first-order chi connectivity index (χ1) is 15.0. The molecule has 1 atom stereocenters. The molecule has 0 saturated carbocycles. The lowest BCUT2D eigenvalue weighted by Gasteiger charge is -2.45. The lowest BCUT2D eigenvalue weighted by Crippen LogP contribution is -2.36. The second-order valence-corrected chi connectivity index (χ2v) is 9.80. The first-order valence-electron chi connectivity index (χ1n) is 10.9. The smallest absolute Gasteiger partial charge is 0.0507 e. The monoisotopic (exact) mass is 421 g/mol. The molecular weight excluding hydrogens is 398 g/mol. The third kappa shape index (κ3) is 2.50. The predicted molar refractivity (Wildman–Crippen MR) is 130 cm³/mol. The van der Waals surface area contributed by atoms with Crippen molar-refractivity contribution in [1.29, 1.82) is 0 Å². The Balaban J connectivity index is 1.75. The van der Waals surface area contributed by atoms with E-state index in [1.54, 1.807) is 0 Å². The van der Waals surface area contributed by atoms with Gasteiger partial charge in [-0.05, 0) is 70.5 Å². The van der Waals surface area contributed by atoms with Crippen LogP contribution in [0.5, 0.6) is 0 Å². The van der Waals surface area contributed by atoms with Gasteiger partial charge in [-0.15, -0.1) is 0 Å². The van der Waals surface area contributed by atoms with Crippen LogP contribution in [0.2, 0.25) is 5.02 Å². The van der Waals surface area contributed by atoms with Crippen molar-refractivity contribution in [2.45, 2.75) is 31.1 Å². The SMILES string of the molecule is CC1(C)CC2(c3ccccc3N(c3ccccc3)c3ccc(Cl)cc32)c2ccccc21. The highest BCUT2D eigenvalue weighted by Crippen LogP contribution is 2.63. The molecule has 6 rings (SSSR count). The molecule has 1 aliphatic carbocycles. The number of anilines is 3. The number of halogens is 1.